The summed E-state index contributed by atoms with van der Waals surface area (Å²) >= 11 is 0. The first kappa shape index (κ1) is 13.5. The summed E-state index contributed by atoms with van der Waals surface area (Å²) in [6.45, 7) is 0. The van der Waals surface area contributed by atoms with Crippen LogP contribution in [0.2, 0.25) is 0 Å². The smallest absolute Gasteiger partial charge is 0.238 e. The molecule has 0 amide bonds. The molecular formula is C15H11NO4S. The summed E-state index contributed by atoms with van der Waals surface area (Å²) in [5, 5.41) is 5.64. The molecule has 106 valence electrons. The van der Waals surface area contributed by atoms with E-state index in [4.69, 9.17) is 9.56 Å². The summed E-state index contributed by atoms with van der Waals surface area (Å²) in [4.78, 5) is 12.0. The van der Waals surface area contributed by atoms with E-state index in [1.807, 2.05) is 0 Å². The number of rotatable bonds is 2. The average Bonchev–Trinajstić information content (AvgIpc) is 2.46. The molecule has 2 N–H and O–H groups in total. The Morgan fingerprint density at radius 2 is 1.62 bits per heavy atom. The summed E-state index contributed by atoms with van der Waals surface area (Å²) in [6.07, 6.45) is 0. The molecule has 21 heavy (non-hydrogen) atoms. The van der Waals surface area contributed by atoms with Crippen LogP contribution >= 0.6 is 0 Å². The minimum Gasteiger partial charge on any atom is -0.456 e. The zero-order valence-electron chi connectivity index (χ0n) is 10.8. The molecule has 0 fully saturated rings. The van der Waals surface area contributed by atoms with Crippen LogP contribution in [0, 0.1) is 0 Å². The van der Waals surface area contributed by atoms with Crippen molar-refractivity contribution in [3.05, 3.63) is 64.8 Å². The molecule has 1 heterocycles. The molecule has 0 aliphatic carbocycles. The van der Waals surface area contributed by atoms with Crippen LogP contribution in [0.1, 0.15) is 0 Å². The monoisotopic (exact) mass is 301 g/mol. The lowest BCUT2D eigenvalue weighted by atomic mass is 10.1. The van der Waals surface area contributed by atoms with Gasteiger partial charge < -0.3 is 4.42 Å². The van der Waals surface area contributed by atoms with Gasteiger partial charge in [-0.2, -0.15) is 0 Å². The lowest BCUT2D eigenvalue weighted by molar-refractivity contribution is 0.594. The molecule has 3 aromatic rings. The summed E-state index contributed by atoms with van der Waals surface area (Å²) in [5.74, 6) is 0.170. The Morgan fingerprint density at radius 1 is 0.952 bits per heavy atom. The molecule has 0 saturated carbocycles. The normalized spacial score (nSPS) is 11.7. The topological polar surface area (TPSA) is 90.4 Å². The van der Waals surface area contributed by atoms with Crippen molar-refractivity contribution in [3.8, 4) is 11.3 Å². The van der Waals surface area contributed by atoms with E-state index in [1.54, 1.807) is 42.5 Å². The largest absolute Gasteiger partial charge is 0.456 e. The maximum atomic E-state index is 12.1. The Bertz CT molecular complexity index is 990. The molecule has 0 spiro atoms. The second-order valence-corrected chi connectivity index (χ2v) is 6.04. The molecule has 0 radical (unpaired) electrons. The Balaban J connectivity index is 2.35. The number of para-hydroxylation sites is 1. The van der Waals surface area contributed by atoms with E-state index in [-0.39, 0.29) is 21.6 Å². The predicted octanol–water partition coefficient (Wildman–Crippen LogP) is 2.11. The quantitative estimate of drug-likeness (QED) is 0.785. The maximum absolute atomic E-state index is 12.1. The van der Waals surface area contributed by atoms with Gasteiger partial charge in [0, 0.05) is 11.6 Å². The molecule has 0 aliphatic rings. The second-order valence-electron chi connectivity index (χ2n) is 4.51. The van der Waals surface area contributed by atoms with Crippen molar-refractivity contribution >= 4 is 21.0 Å². The van der Waals surface area contributed by atoms with E-state index < -0.39 is 10.0 Å². The molecule has 0 aliphatic heterocycles. The number of primary sulfonamides is 1. The van der Waals surface area contributed by atoms with Crippen molar-refractivity contribution in [1.29, 1.82) is 0 Å². The number of hydrogen-bond acceptors (Lipinski definition) is 4. The Hall–Kier alpha value is -2.44. The molecule has 2 aromatic carbocycles. The van der Waals surface area contributed by atoms with E-state index in [9.17, 15) is 13.2 Å². The second kappa shape index (κ2) is 4.83. The van der Waals surface area contributed by atoms with Crippen molar-refractivity contribution in [2.45, 2.75) is 4.90 Å². The van der Waals surface area contributed by atoms with Crippen molar-refractivity contribution < 1.29 is 12.8 Å². The summed E-state index contributed by atoms with van der Waals surface area (Å²) < 4.78 is 28.9. The molecule has 6 heteroatoms. The van der Waals surface area contributed by atoms with E-state index in [2.05, 4.69) is 0 Å². The molecule has 0 saturated heterocycles. The fraction of sp³-hybridized carbons (Fsp3) is 0. The average molecular weight is 301 g/mol. The summed E-state index contributed by atoms with van der Waals surface area (Å²) in [6, 6.07) is 14.2. The SMILES string of the molecule is NS(=O)(=O)c1ccccc1-c1cc(=O)c2ccccc2o1. The van der Waals surface area contributed by atoms with Crippen LogP contribution in [0.4, 0.5) is 0 Å². The van der Waals surface area contributed by atoms with Gasteiger partial charge in [0.25, 0.3) is 0 Å². The molecule has 5 nitrogen and oxygen atoms in total. The van der Waals surface area contributed by atoms with Crippen LogP contribution in [-0.4, -0.2) is 8.42 Å². The van der Waals surface area contributed by atoms with Gasteiger partial charge in [0.15, 0.2) is 5.43 Å². The van der Waals surface area contributed by atoms with Gasteiger partial charge in [-0.1, -0.05) is 24.3 Å². The standard InChI is InChI=1S/C15H11NO4S/c16-21(18,19)15-8-4-2-6-11(15)14-9-12(17)10-5-1-3-7-13(10)20-14/h1-9H,(H2,16,18,19). The van der Waals surface area contributed by atoms with Gasteiger partial charge in [0.1, 0.15) is 11.3 Å². The van der Waals surface area contributed by atoms with Crippen LogP contribution < -0.4 is 10.6 Å². The fourth-order valence-electron chi connectivity index (χ4n) is 2.15. The lowest BCUT2D eigenvalue weighted by Gasteiger charge is -2.07. The van der Waals surface area contributed by atoms with Gasteiger partial charge >= 0.3 is 0 Å². The number of benzene rings is 2. The van der Waals surface area contributed by atoms with Gasteiger partial charge in [-0.25, -0.2) is 13.6 Å². The van der Waals surface area contributed by atoms with E-state index >= 15 is 0 Å². The molecule has 0 atom stereocenters. The molecule has 0 unspecified atom stereocenters. The van der Waals surface area contributed by atoms with Crippen LogP contribution in [0.3, 0.4) is 0 Å². The first-order valence-electron chi connectivity index (χ1n) is 6.12. The first-order chi connectivity index (χ1) is 9.97. The zero-order valence-corrected chi connectivity index (χ0v) is 11.6. The van der Waals surface area contributed by atoms with Crippen molar-refractivity contribution in [2.24, 2.45) is 5.14 Å². The third-order valence-electron chi connectivity index (χ3n) is 3.09. The van der Waals surface area contributed by atoms with Crippen LogP contribution in [0.25, 0.3) is 22.3 Å². The zero-order chi connectivity index (χ0) is 15.0. The lowest BCUT2D eigenvalue weighted by Crippen LogP contribution is -2.13. The third kappa shape index (κ3) is 2.46. The van der Waals surface area contributed by atoms with Crippen LogP contribution in [0.15, 0.2) is 68.7 Å². The van der Waals surface area contributed by atoms with E-state index in [0.29, 0.717) is 11.0 Å². The highest BCUT2D eigenvalue weighted by Gasteiger charge is 2.17. The van der Waals surface area contributed by atoms with Gasteiger partial charge in [-0.15, -0.1) is 0 Å². The van der Waals surface area contributed by atoms with Gasteiger partial charge in [-0.05, 0) is 24.3 Å². The third-order valence-corrected chi connectivity index (χ3v) is 4.06. The first-order valence-corrected chi connectivity index (χ1v) is 7.66. The van der Waals surface area contributed by atoms with Crippen molar-refractivity contribution in [1.82, 2.24) is 0 Å². The highest BCUT2D eigenvalue weighted by atomic mass is 32.2. The van der Waals surface area contributed by atoms with Crippen molar-refractivity contribution in [2.75, 3.05) is 0 Å². The number of fused-ring (bicyclic) bond motifs is 1. The van der Waals surface area contributed by atoms with Crippen LogP contribution in [-0.2, 0) is 10.0 Å². The maximum Gasteiger partial charge on any atom is 0.238 e. The highest BCUT2D eigenvalue weighted by molar-refractivity contribution is 7.89. The predicted molar refractivity (Wildman–Crippen MR) is 79.3 cm³/mol. The summed E-state index contributed by atoms with van der Waals surface area (Å²) in [5.41, 5.74) is 0.420. The van der Waals surface area contributed by atoms with Gasteiger partial charge in [0.2, 0.25) is 10.0 Å². The number of hydrogen-bond donors (Lipinski definition) is 1. The Morgan fingerprint density at radius 3 is 2.38 bits per heavy atom. The van der Waals surface area contributed by atoms with E-state index in [0.717, 1.165) is 0 Å². The Labute approximate surface area is 120 Å². The van der Waals surface area contributed by atoms with Gasteiger partial charge in [-0.3, -0.25) is 4.79 Å². The minimum absolute atomic E-state index is 0.0802. The Kier molecular flexibility index (Phi) is 3.12. The van der Waals surface area contributed by atoms with Gasteiger partial charge in [0.05, 0.1) is 10.3 Å². The molecular weight excluding hydrogens is 290 g/mol. The van der Waals surface area contributed by atoms with E-state index in [1.165, 1.54) is 12.1 Å². The minimum atomic E-state index is -3.91. The molecule has 0 bridgehead atoms. The fourth-order valence-corrected chi connectivity index (χ4v) is 2.90. The number of nitrogens with two attached hydrogens (primary N) is 1. The number of sulfonamides is 1. The summed E-state index contributed by atoms with van der Waals surface area (Å²) in [7, 11) is -3.91. The highest BCUT2D eigenvalue weighted by Crippen LogP contribution is 2.27. The van der Waals surface area contributed by atoms with Crippen molar-refractivity contribution in [3.63, 3.8) is 0 Å². The van der Waals surface area contributed by atoms with Crippen LogP contribution in [0.5, 0.6) is 0 Å². The molecule has 3 rings (SSSR count). The molecule has 1 aromatic heterocycles.